The van der Waals surface area contributed by atoms with Crippen molar-refractivity contribution >= 4 is 26.6 Å². The SMILES string of the molecule is CCCC1=NCCN1.O.O.O=S(=O)(O)O.O=S(=O)(O)O. The van der Waals surface area contributed by atoms with Gasteiger partial charge in [-0.15, -0.1) is 0 Å². The Morgan fingerprint density at radius 1 is 1.05 bits per heavy atom. The first-order valence-corrected chi connectivity index (χ1v) is 7.39. The molecule has 0 fully saturated rings. The normalized spacial score (nSPS) is 12.9. The zero-order chi connectivity index (χ0) is 14.8. The molecular formula is C6H20N2O10S2. The minimum absolute atomic E-state index is 0. The van der Waals surface area contributed by atoms with E-state index in [4.69, 9.17) is 35.0 Å². The Morgan fingerprint density at radius 3 is 1.60 bits per heavy atom. The molecule has 1 aliphatic rings. The maximum absolute atomic E-state index is 8.74. The number of hydrogen-bond acceptors (Lipinski definition) is 6. The zero-order valence-electron chi connectivity index (χ0n) is 10.5. The summed E-state index contributed by atoms with van der Waals surface area (Å²) >= 11 is 0. The molecule has 1 heterocycles. The van der Waals surface area contributed by atoms with Gasteiger partial charge in [-0.05, 0) is 6.42 Å². The smallest absolute Gasteiger partial charge is 0.394 e. The maximum Gasteiger partial charge on any atom is 0.394 e. The average Bonchev–Trinajstić information content (AvgIpc) is 2.50. The van der Waals surface area contributed by atoms with E-state index in [1.807, 2.05) is 0 Å². The third-order valence-corrected chi connectivity index (χ3v) is 1.23. The zero-order valence-corrected chi connectivity index (χ0v) is 12.1. The van der Waals surface area contributed by atoms with Crippen LogP contribution in [0.1, 0.15) is 19.8 Å². The molecule has 0 unspecified atom stereocenters. The Labute approximate surface area is 116 Å². The van der Waals surface area contributed by atoms with Crippen LogP contribution in [0, 0.1) is 0 Å². The molecule has 126 valence electrons. The van der Waals surface area contributed by atoms with Gasteiger partial charge in [0.1, 0.15) is 0 Å². The van der Waals surface area contributed by atoms with Crippen LogP contribution in [-0.2, 0) is 20.8 Å². The van der Waals surface area contributed by atoms with Crippen molar-refractivity contribution in [2.24, 2.45) is 4.99 Å². The highest BCUT2D eigenvalue weighted by Crippen LogP contribution is 1.93. The molecule has 0 saturated carbocycles. The molecule has 0 aromatic heterocycles. The summed E-state index contributed by atoms with van der Waals surface area (Å²) in [5.41, 5.74) is 0. The van der Waals surface area contributed by atoms with Gasteiger partial charge in [-0.2, -0.15) is 16.8 Å². The molecule has 0 saturated heterocycles. The predicted molar refractivity (Wildman–Crippen MR) is 70.8 cm³/mol. The van der Waals surface area contributed by atoms with Gasteiger partial charge in [0, 0.05) is 13.0 Å². The molecular weight excluding hydrogens is 324 g/mol. The van der Waals surface area contributed by atoms with Gasteiger partial charge in [0.15, 0.2) is 0 Å². The van der Waals surface area contributed by atoms with Crippen molar-refractivity contribution in [3.8, 4) is 0 Å². The van der Waals surface area contributed by atoms with Gasteiger partial charge < -0.3 is 16.3 Å². The molecule has 0 bridgehead atoms. The van der Waals surface area contributed by atoms with Crippen LogP contribution in [-0.4, -0.2) is 64.9 Å². The summed E-state index contributed by atoms with van der Waals surface area (Å²) in [5, 5.41) is 3.21. The highest BCUT2D eigenvalue weighted by molar-refractivity contribution is 7.80. The van der Waals surface area contributed by atoms with Gasteiger partial charge >= 0.3 is 20.8 Å². The molecule has 9 N–H and O–H groups in total. The summed E-state index contributed by atoms with van der Waals surface area (Å²) in [6.45, 7) is 4.20. The highest BCUT2D eigenvalue weighted by Gasteiger charge is 2.00. The van der Waals surface area contributed by atoms with Crippen LogP contribution < -0.4 is 5.32 Å². The van der Waals surface area contributed by atoms with Gasteiger partial charge in [0.2, 0.25) is 0 Å². The Bertz CT molecular complexity index is 396. The Balaban J connectivity index is -0.0000000960. The maximum atomic E-state index is 8.74. The molecule has 0 radical (unpaired) electrons. The van der Waals surface area contributed by atoms with Crippen molar-refractivity contribution in [1.82, 2.24) is 5.32 Å². The third-order valence-electron chi connectivity index (χ3n) is 1.23. The van der Waals surface area contributed by atoms with Gasteiger partial charge in [-0.25, -0.2) is 0 Å². The van der Waals surface area contributed by atoms with E-state index in [0.717, 1.165) is 19.5 Å². The van der Waals surface area contributed by atoms with E-state index in [-0.39, 0.29) is 11.0 Å². The van der Waals surface area contributed by atoms with E-state index in [0.29, 0.717) is 0 Å². The van der Waals surface area contributed by atoms with Crippen LogP contribution in [0.3, 0.4) is 0 Å². The Kier molecular flexibility index (Phi) is 18.0. The summed E-state index contributed by atoms with van der Waals surface area (Å²) < 4.78 is 63.2. The Hall–Kier alpha value is -0.870. The number of amidine groups is 1. The molecule has 0 amide bonds. The molecule has 0 atom stereocenters. The first-order valence-electron chi connectivity index (χ1n) is 4.60. The summed E-state index contributed by atoms with van der Waals surface area (Å²) in [6.07, 6.45) is 2.33. The minimum Gasteiger partial charge on any atom is -0.412 e. The lowest BCUT2D eigenvalue weighted by molar-refractivity contribution is 0.378. The first kappa shape index (κ1) is 27.5. The van der Waals surface area contributed by atoms with Crippen molar-refractivity contribution in [2.75, 3.05) is 13.1 Å². The topological polar surface area (TPSA) is 237 Å². The number of hydrogen-bond donors (Lipinski definition) is 5. The van der Waals surface area contributed by atoms with Crippen LogP contribution in [0.2, 0.25) is 0 Å². The van der Waals surface area contributed by atoms with E-state index >= 15 is 0 Å². The van der Waals surface area contributed by atoms with Gasteiger partial charge in [0.05, 0.1) is 12.4 Å². The van der Waals surface area contributed by atoms with Crippen molar-refractivity contribution in [2.45, 2.75) is 19.8 Å². The average molecular weight is 344 g/mol. The Morgan fingerprint density at radius 2 is 1.40 bits per heavy atom. The second-order valence-electron chi connectivity index (χ2n) is 2.90. The molecule has 0 aliphatic carbocycles. The molecule has 0 aromatic rings. The molecule has 1 rings (SSSR count). The second-order valence-corrected chi connectivity index (χ2v) is 4.69. The number of nitrogens with one attached hydrogen (secondary N) is 1. The van der Waals surface area contributed by atoms with E-state index in [2.05, 4.69) is 17.2 Å². The van der Waals surface area contributed by atoms with Crippen LogP contribution in [0.5, 0.6) is 0 Å². The summed E-state index contributed by atoms with van der Waals surface area (Å²) in [7, 11) is -9.33. The standard InChI is InChI=1S/C6H12N2.2H2O4S.2H2O/c1-2-3-6-7-4-5-8-6;2*1-5(2,3)4;;/h2-5H2,1H3,(H,7,8);2*(H2,1,2,3,4);2*1H2. The lowest BCUT2D eigenvalue weighted by Crippen LogP contribution is -2.17. The number of rotatable bonds is 2. The molecule has 12 nitrogen and oxygen atoms in total. The predicted octanol–water partition coefficient (Wildman–Crippen LogP) is -2.17. The summed E-state index contributed by atoms with van der Waals surface area (Å²) in [6, 6.07) is 0. The monoisotopic (exact) mass is 344 g/mol. The fraction of sp³-hybridized carbons (Fsp3) is 0.833. The number of nitrogens with zero attached hydrogens (tertiary/aromatic N) is 1. The molecule has 0 aromatic carbocycles. The van der Waals surface area contributed by atoms with Gasteiger partial charge in [-0.3, -0.25) is 23.2 Å². The quantitative estimate of drug-likeness (QED) is 0.342. The lowest BCUT2D eigenvalue weighted by Gasteiger charge is -1.95. The largest absolute Gasteiger partial charge is 0.412 e. The van der Waals surface area contributed by atoms with Crippen molar-refractivity contribution < 1.29 is 46.0 Å². The second kappa shape index (κ2) is 13.1. The number of aliphatic imine (C=N–C) groups is 1. The fourth-order valence-corrected chi connectivity index (χ4v) is 0.851. The fourth-order valence-electron chi connectivity index (χ4n) is 0.851. The van der Waals surface area contributed by atoms with Gasteiger partial charge in [-0.1, -0.05) is 6.92 Å². The van der Waals surface area contributed by atoms with E-state index in [1.54, 1.807) is 0 Å². The summed E-state index contributed by atoms with van der Waals surface area (Å²) in [5.74, 6) is 1.20. The summed E-state index contributed by atoms with van der Waals surface area (Å²) in [4.78, 5) is 4.23. The minimum atomic E-state index is -4.67. The highest BCUT2D eigenvalue weighted by atomic mass is 32.3. The van der Waals surface area contributed by atoms with Crippen molar-refractivity contribution in [1.29, 1.82) is 0 Å². The molecule has 14 heteroatoms. The lowest BCUT2D eigenvalue weighted by atomic mass is 10.3. The van der Waals surface area contributed by atoms with Crippen LogP contribution in [0.4, 0.5) is 0 Å². The van der Waals surface area contributed by atoms with Crippen LogP contribution >= 0.6 is 0 Å². The third kappa shape index (κ3) is 53.5. The van der Waals surface area contributed by atoms with Crippen molar-refractivity contribution in [3.63, 3.8) is 0 Å². The molecule has 0 spiro atoms. The first-order chi connectivity index (χ1) is 7.93. The molecule has 1 aliphatic heterocycles. The molecule has 20 heavy (non-hydrogen) atoms. The van der Waals surface area contributed by atoms with Crippen LogP contribution in [0.25, 0.3) is 0 Å². The van der Waals surface area contributed by atoms with Crippen molar-refractivity contribution in [3.05, 3.63) is 0 Å². The van der Waals surface area contributed by atoms with E-state index in [9.17, 15) is 0 Å². The van der Waals surface area contributed by atoms with E-state index in [1.165, 1.54) is 12.3 Å². The van der Waals surface area contributed by atoms with Crippen LogP contribution in [0.15, 0.2) is 4.99 Å². The van der Waals surface area contributed by atoms with E-state index < -0.39 is 20.8 Å². The van der Waals surface area contributed by atoms with Gasteiger partial charge in [0.25, 0.3) is 0 Å².